The summed E-state index contributed by atoms with van der Waals surface area (Å²) in [5.74, 6) is 6.79. The molecular formula is C13H17NO. The molecule has 0 saturated heterocycles. The van der Waals surface area contributed by atoms with Gasteiger partial charge in [0.15, 0.2) is 0 Å². The van der Waals surface area contributed by atoms with Crippen LogP contribution < -0.4 is 10.1 Å². The molecule has 15 heavy (non-hydrogen) atoms. The van der Waals surface area contributed by atoms with Crippen LogP contribution in [0.5, 0.6) is 5.75 Å². The first kappa shape index (κ1) is 11.5. The van der Waals surface area contributed by atoms with Crippen LogP contribution in [0.3, 0.4) is 0 Å². The molecule has 0 fully saturated rings. The zero-order chi connectivity index (χ0) is 10.9. The van der Waals surface area contributed by atoms with Crippen molar-refractivity contribution in [2.45, 2.75) is 19.8 Å². The lowest BCUT2D eigenvalue weighted by Crippen LogP contribution is -1.97. The molecule has 0 bridgehead atoms. The Balaban J connectivity index is 2.32. The van der Waals surface area contributed by atoms with Gasteiger partial charge in [-0.2, -0.15) is 0 Å². The Morgan fingerprint density at radius 2 is 2.27 bits per heavy atom. The summed E-state index contributed by atoms with van der Waals surface area (Å²) in [6, 6.07) is 7.94. The number of nitrogens with one attached hydrogen (secondary N) is 1. The van der Waals surface area contributed by atoms with Gasteiger partial charge < -0.3 is 10.1 Å². The summed E-state index contributed by atoms with van der Waals surface area (Å²) in [6.07, 6.45) is 1.88. The van der Waals surface area contributed by atoms with Crippen LogP contribution in [-0.2, 0) is 0 Å². The van der Waals surface area contributed by atoms with E-state index in [1.807, 2.05) is 38.2 Å². The molecule has 0 aliphatic heterocycles. The third-order valence-corrected chi connectivity index (χ3v) is 2.01. The molecule has 0 heterocycles. The molecular weight excluding hydrogens is 186 g/mol. The van der Waals surface area contributed by atoms with E-state index < -0.39 is 0 Å². The predicted molar refractivity (Wildman–Crippen MR) is 64.2 cm³/mol. The highest BCUT2D eigenvalue weighted by atomic mass is 16.5. The minimum absolute atomic E-state index is 0.724. The highest BCUT2D eigenvalue weighted by molar-refractivity contribution is 5.47. The second-order valence-corrected chi connectivity index (χ2v) is 3.16. The molecule has 2 nitrogen and oxygen atoms in total. The van der Waals surface area contributed by atoms with Gasteiger partial charge >= 0.3 is 0 Å². The van der Waals surface area contributed by atoms with E-state index in [4.69, 9.17) is 4.74 Å². The topological polar surface area (TPSA) is 21.3 Å². The van der Waals surface area contributed by atoms with E-state index in [1.54, 1.807) is 0 Å². The van der Waals surface area contributed by atoms with Gasteiger partial charge in [0, 0.05) is 25.2 Å². The highest BCUT2D eigenvalue weighted by Crippen LogP contribution is 2.16. The SMILES string of the molecule is CC#CCCCOc1cccc(NC)c1. The standard InChI is InChI=1S/C13H17NO/c1-3-4-5-6-10-15-13-9-7-8-12(11-13)14-2/h7-9,11,14H,5-6,10H2,1-2H3. The summed E-state index contributed by atoms with van der Waals surface area (Å²) >= 11 is 0. The van der Waals surface area contributed by atoms with Crippen LogP contribution in [0.15, 0.2) is 24.3 Å². The van der Waals surface area contributed by atoms with E-state index in [0.29, 0.717) is 0 Å². The molecule has 80 valence electrons. The summed E-state index contributed by atoms with van der Waals surface area (Å²) in [5.41, 5.74) is 1.07. The molecule has 0 spiro atoms. The van der Waals surface area contributed by atoms with Gasteiger partial charge in [0.05, 0.1) is 6.61 Å². The summed E-state index contributed by atoms with van der Waals surface area (Å²) < 4.78 is 5.59. The van der Waals surface area contributed by atoms with Crippen molar-refractivity contribution in [2.75, 3.05) is 19.0 Å². The Hall–Kier alpha value is -1.62. The van der Waals surface area contributed by atoms with Crippen molar-refractivity contribution >= 4 is 5.69 Å². The van der Waals surface area contributed by atoms with Crippen LogP contribution in [0, 0.1) is 11.8 Å². The Labute approximate surface area is 91.6 Å². The molecule has 0 amide bonds. The molecule has 0 unspecified atom stereocenters. The Morgan fingerprint density at radius 1 is 1.40 bits per heavy atom. The number of ether oxygens (including phenoxy) is 1. The maximum Gasteiger partial charge on any atom is 0.121 e. The van der Waals surface area contributed by atoms with E-state index in [9.17, 15) is 0 Å². The Kier molecular flexibility index (Phi) is 5.18. The minimum atomic E-state index is 0.724. The van der Waals surface area contributed by atoms with Gasteiger partial charge in [0.1, 0.15) is 5.75 Å². The molecule has 0 aliphatic carbocycles. The van der Waals surface area contributed by atoms with Crippen molar-refractivity contribution in [3.05, 3.63) is 24.3 Å². The summed E-state index contributed by atoms with van der Waals surface area (Å²) in [6.45, 7) is 2.58. The quantitative estimate of drug-likeness (QED) is 0.587. The number of rotatable bonds is 5. The van der Waals surface area contributed by atoms with Crippen LogP contribution in [0.25, 0.3) is 0 Å². The molecule has 1 aromatic rings. The largest absolute Gasteiger partial charge is 0.493 e. The maximum absolute atomic E-state index is 5.59. The molecule has 1 rings (SSSR count). The average Bonchev–Trinajstić information content (AvgIpc) is 2.29. The van der Waals surface area contributed by atoms with Crippen molar-refractivity contribution < 1.29 is 4.74 Å². The predicted octanol–water partition coefficient (Wildman–Crippen LogP) is 2.91. The minimum Gasteiger partial charge on any atom is -0.493 e. The van der Waals surface area contributed by atoms with E-state index >= 15 is 0 Å². The number of benzene rings is 1. The van der Waals surface area contributed by atoms with Crippen molar-refractivity contribution in [3.8, 4) is 17.6 Å². The first-order valence-corrected chi connectivity index (χ1v) is 5.17. The number of hydrogen-bond acceptors (Lipinski definition) is 2. The molecule has 0 radical (unpaired) electrons. The van der Waals surface area contributed by atoms with Gasteiger partial charge in [-0.25, -0.2) is 0 Å². The van der Waals surface area contributed by atoms with Crippen molar-refractivity contribution in [2.24, 2.45) is 0 Å². The lowest BCUT2D eigenvalue weighted by atomic mass is 10.3. The molecule has 0 aliphatic rings. The van der Waals surface area contributed by atoms with E-state index in [1.165, 1.54) is 0 Å². The highest BCUT2D eigenvalue weighted by Gasteiger charge is 1.94. The summed E-state index contributed by atoms with van der Waals surface area (Å²) in [7, 11) is 1.90. The van der Waals surface area contributed by atoms with E-state index in [2.05, 4.69) is 17.2 Å². The van der Waals surface area contributed by atoms with Gasteiger partial charge in [-0.1, -0.05) is 6.07 Å². The molecule has 0 aromatic heterocycles. The first-order valence-electron chi connectivity index (χ1n) is 5.17. The number of hydrogen-bond donors (Lipinski definition) is 1. The second-order valence-electron chi connectivity index (χ2n) is 3.16. The van der Waals surface area contributed by atoms with E-state index in [0.717, 1.165) is 30.9 Å². The second kappa shape index (κ2) is 6.78. The van der Waals surface area contributed by atoms with Gasteiger partial charge in [0.2, 0.25) is 0 Å². The lowest BCUT2D eigenvalue weighted by Gasteiger charge is -2.06. The number of anilines is 1. The van der Waals surface area contributed by atoms with Crippen LogP contribution in [0.2, 0.25) is 0 Å². The van der Waals surface area contributed by atoms with Crippen LogP contribution in [0.1, 0.15) is 19.8 Å². The van der Waals surface area contributed by atoms with Crippen LogP contribution in [-0.4, -0.2) is 13.7 Å². The molecule has 1 aromatic carbocycles. The summed E-state index contributed by atoms with van der Waals surface area (Å²) in [4.78, 5) is 0. The Bertz CT molecular complexity index is 349. The van der Waals surface area contributed by atoms with Crippen molar-refractivity contribution in [3.63, 3.8) is 0 Å². The first-order chi connectivity index (χ1) is 7.36. The fourth-order valence-electron chi connectivity index (χ4n) is 1.22. The van der Waals surface area contributed by atoms with Crippen LogP contribution in [0.4, 0.5) is 5.69 Å². The molecule has 2 heteroatoms. The molecule has 0 atom stereocenters. The normalized spacial score (nSPS) is 8.93. The van der Waals surface area contributed by atoms with Gasteiger partial charge in [-0.15, -0.1) is 11.8 Å². The van der Waals surface area contributed by atoms with Gasteiger partial charge in [-0.05, 0) is 25.5 Å². The van der Waals surface area contributed by atoms with Gasteiger partial charge in [0.25, 0.3) is 0 Å². The summed E-state index contributed by atoms with van der Waals surface area (Å²) in [5, 5.41) is 3.08. The average molecular weight is 203 g/mol. The van der Waals surface area contributed by atoms with Crippen molar-refractivity contribution in [1.82, 2.24) is 0 Å². The fourth-order valence-corrected chi connectivity index (χ4v) is 1.22. The molecule has 1 N–H and O–H groups in total. The third-order valence-electron chi connectivity index (χ3n) is 2.01. The maximum atomic E-state index is 5.59. The lowest BCUT2D eigenvalue weighted by molar-refractivity contribution is 0.313. The third kappa shape index (κ3) is 4.42. The zero-order valence-electron chi connectivity index (χ0n) is 9.34. The molecule has 0 saturated carbocycles. The fraction of sp³-hybridized carbons (Fsp3) is 0.385. The van der Waals surface area contributed by atoms with E-state index in [-0.39, 0.29) is 0 Å². The zero-order valence-corrected chi connectivity index (χ0v) is 9.34. The number of unbranched alkanes of at least 4 members (excludes halogenated alkanes) is 1. The smallest absolute Gasteiger partial charge is 0.121 e. The monoisotopic (exact) mass is 203 g/mol. The van der Waals surface area contributed by atoms with Crippen molar-refractivity contribution in [1.29, 1.82) is 0 Å². The Morgan fingerprint density at radius 3 is 3.00 bits per heavy atom. The van der Waals surface area contributed by atoms with Gasteiger partial charge in [-0.3, -0.25) is 0 Å². The van der Waals surface area contributed by atoms with Crippen LogP contribution >= 0.6 is 0 Å².